The van der Waals surface area contributed by atoms with Gasteiger partial charge in [-0.3, -0.25) is 9.69 Å². The van der Waals surface area contributed by atoms with Gasteiger partial charge in [-0.1, -0.05) is 29.4 Å². The lowest BCUT2D eigenvalue weighted by Gasteiger charge is -2.29. The minimum Gasteiger partial charge on any atom is -0.393 e. The van der Waals surface area contributed by atoms with Gasteiger partial charge < -0.3 is 14.9 Å². The molecule has 1 aliphatic rings. The minimum absolute atomic E-state index is 0.167. The molecule has 2 aromatic carbocycles. The first kappa shape index (κ1) is 21.2. The highest BCUT2D eigenvalue weighted by Crippen LogP contribution is 2.25. The number of nitrogens with zero attached hydrogens (tertiary/aromatic N) is 2. The second-order valence-corrected chi connectivity index (χ2v) is 7.98. The molecule has 1 aromatic heterocycles. The van der Waals surface area contributed by atoms with Gasteiger partial charge in [-0.15, -0.1) is 0 Å². The van der Waals surface area contributed by atoms with Crippen LogP contribution < -0.4 is 5.32 Å². The van der Waals surface area contributed by atoms with Gasteiger partial charge in [0.1, 0.15) is 22.8 Å². The molecule has 6 nitrogen and oxygen atoms in total. The van der Waals surface area contributed by atoms with Gasteiger partial charge in [-0.25, -0.2) is 4.39 Å². The molecule has 0 bridgehead atoms. The van der Waals surface area contributed by atoms with E-state index in [1.165, 1.54) is 17.7 Å². The number of halogens is 1. The lowest BCUT2D eigenvalue weighted by atomic mass is 10.1. The van der Waals surface area contributed by atoms with Crippen LogP contribution >= 0.6 is 0 Å². The molecule has 1 aliphatic heterocycles. The summed E-state index contributed by atoms with van der Waals surface area (Å²) in [5.74, 6) is -0.218. The van der Waals surface area contributed by atoms with E-state index in [-0.39, 0.29) is 17.8 Å². The maximum absolute atomic E-state index is 13.2. The third-order valence-corrected chi connectivity index (χ3v) is 5.65. The van der Waals surface area contributed by atoms with Gasteiger partial charge in [0.05, 0.1) is 6.10 Å². The quantitative estimate of drug-likeness (QED) is 0.632. The Hall–Kier alpha value is -3.03. The van der Waals surface area contributed by atoms with Crippen molar-refractivity contribution in [2.75, 3.05) is 13.1 Å². The number of aliphatic hydroxyl groups excluding tert-OH is 1. The lowest BCUT2D eigenvalue weighted by Crippen LogP contribution is -2.35. The topological polar surface area (TPSA) is 78.6 Å². The third-order valence-electron chi connectivity index (χ3n) is 5.65. The summed E-state index contributed by atoms with van der Waals surface area (Å²) in [6.45, 7) is 4.74. The fourth-order valence-corrected chi connectivity index (χ4v) is 3.81. The number of likely N-dealkylation sites (tertiary alicyclic amines) is 1. The fraction of sp³-hybridized carbons (Fsp3) is 0.333. The van der Waals surface area contributed by atoms with E-state index in [9.17, 15) is 14.3 Å². The molecule has 1 saturated heterocycles. The zero-order chi connectivity index (χ0) is 21.8. The van der Waals surface area contributed by atoms with Crippen molar-refractivity contribution in [3.63, 3.8) is 0 Å². The number of rotatable bonds is 6. The second kappa shape index (κ2) is 9.41. The van der Waals surface area contributed by atoms with Gasteiger partial charge >= 0.3 is 0 Å². The van der Waals surface area contributed by atoms with Crippen molar-refractivity contribution in [1.29, 1.82) is 0 Å². The second-order valence-electron chi connectivity index (χ2n) is 7.98. The molecule has 162 valence electrons. The molecule has 4 rings (SSSR count). The predicted molar refractivity (Wildman–Crippen MR) is 115 cm³/mol. The largest absolute Gasteiger partial charge is 0.393 e. The average Bonchev–Trinajstić information content (AvgIpc) is 3.16. The number of piperidine rings is 1. The van der Waals surface area contributed by atoms with Crippen molar-refractivity contribution in [2.24, 2.45) is 0 Å². The number of nitrogens with one attached hydrogen (secondary N) is 1. The van der Waals surface area contributed by atoms with E-state index in [4.69, 9.17) is 4.52 Å². The number of carbonyl (C=O) groups is 1. The van der Waals surface area contributed by atoms with Crippen LogP contribution in [0, 0.1) is 12.7 Å². The first-order valence-electron chi connectivity index (χ1n) is 10.5. The van der Waals surface area contributed by atoms with Crippen molar-refractivity contribution < 1.29 is 18.8 Å². The van der Waals surface area contributed by atoms with Crippen LogP contribution in [0.1, 0.15) is 40.1 Å². The van der Waals surface area contributed by atoms with E-state index >= 15 is 0 Å². The van der Waals surface area contributed by atoms with E-state index in [1.54, 1.807) is 19.1 Å². The van der Waals surface area contributed by atoms with Gasteiger partial charge in [-0.05, 0) is 55.2 Å². The maximum Gasteiger partial charge on any atom is 0.257 e. The minimum atomic E-state index is -0.351. The smallest absolute Gasteiger partial charge is 0.257 e. The Morgan fingerprint density at radius 1 is 1.13 bits per heavy atom. The molecule has 1 fully saturated rings. The van der Waals surface area contributed by atoms with E-state index in [1.807, 2.05) is 12.1 Å². The molecule has 7 heteroatoms. The van der Waals surface area contributed by atoms with Crippen molar-refractivity contribution in [3.05, 3.63) is 76.8 Å². The molecule has 2 N–H and O–H groups in total. The van der Waals surface area contributed by atoms with Gasteiger partial charge in [0.15, 0.2) is 0 Å². The zero-order valence-corrected chi connectivity index (χ0v) is 17.5. The number of aliphatic hydroxyl groups is 1. The molecule has 3 aromatic rings. The van der Waals surface area contributed by atoms with Crippen LogP contribution in [0.3, 0.4) is 0 Å². The molecular formula is C24H26FN3O3. The summed E-state index contributed by atoms with van der Waals surface area (Å²) in [7, 11) is 0. The normalized spacial score (nSPS) is 15.2. The highest BCUT2D eigenvalue weighted by atomic mass is 19.1. The molecule has 0 saturated carbocycles. The van der Waals surface area contributed by atoms with Crippen LogP contribution in [0.25, 0.3) is 11.3 Å². The SMILES string of the molecule is Cc1onc(-c2ccc(F)cc2)c1C(=O)NCc1ccc(CN2CCC(O)CC2)cc1. The van der Waals surface area contributed by atoms with Gasteiger partial charge in [-0.2, -0.15) is 0 Å². The summed E-state index contributed by atoms with van der Waals surface area (Å²) >= 11 is 0. The molecule has 0 spiro atoms. The number of aryl methyl sites for hydroxylation is 1. The molecule has 0 atom stereocenters. The summed E-state index contributed by atoms with van der Waals surface area (Å²) in [5, 5.41) is 16.5. The van der Waals surface area contributed by atoms with E-state index in [2.05, 4.69) is 27.5 Å². The monoisotopic (exact) mass is 423 g/mol. The van der Waals surface area contributed by atoms with E-state index in [0.717, 1.165) is 38.0 Å². The molecule has 0 aliphatic carbocycles. The van der Waals surface area contributed by atoms with Crippen molar-refractivity contribution in [1.82, 2.24) is 15.4 Å². The van der Waals surface area contributed by atoms with Crippen molar-refractivity contribution >= 4 is 5.91 Å². The summed E-state index contributed by atoms with van der Waals surface area (Å²) < 4.78 is 18.4. The number of carbonyl (C=O) groups excluding carboxylic acids is 1. The lowest BCUT2D eigenvalue weighted by molar-refractivity contribution is 0.0792. The summed E-state index contributed by atoms with van der Waals surface area (Å²) in [6.07, 6.45) is 1.48. The zero-order valence-electron chi connectivity index (χ0n) is 17.5. The Morgan fingerprint density at radius 3 is 2.45 bits per heavy atom. The van der Waals surface area contributed by atoms with Crippen LogP contribution in [0.5, 0.6) is 0 Å². The van der Waals surface area contributed by atoms with E-state index in [0.29, 0.717) is 29.1 Å². The highest BCUT2D eigenvalue weighted by molar-refractivity contribution is 6.00. The van der Waals surface area contributed by atoms with Crippen LogP contribution in [0.15, 0.2) is 53.1 Å². The first-order valence-corrected chi connectivity index (χ1v) is 10.5. The Bertz CT molecular complexity index is 1020. The number of hydrogen-bond acceptors (Lipinski definition) is 5. The molecule has 1 amide bonds. The van der Waals surface area contributed by atoms with Gasteiger partial charge in [0.25, 0.3) is 5.91 Å². The molecule has 0 unspecified atom stereocenters. The Balaban J connectivity index is 1.37. The Labute approximate surface area is 180 Å². The first-order chi connectivity index (χ1) is 15.0. The van der Waals surface area contributed by atoms with Gasteiger partial charge in [0.2, 0.25) is 0 Å². The van der Waals surface area contributed by atoms with Crippen LogP contribution in [0.2, 0.25) is 0 Å². The Kier molecular flexibility index (Phi) is 6.44. The average molecular weight is 423 g/mol. The molecular weight excluding hydrogens is 397 g/mol. The summed E-state index contributed by atoms with van der Waals surface area (Å²) in [6, 6.07) is 14.0. The van der Waals surface area contributed by atoms with Gasteiger partial charge in [0, 0.05) is 31.7 Å². The van der Waals surface area contributed by atoms with Crippen molar-refractivity contribution in [2.45, 2.75) is 39.0 Å². The Morgan fingerprint density at radius 2 is 1.77 bits per heavy atom. The maximum atomic E-state index is 13.2. The highest BCUT2D eigenvalue weighted by Gasteiger charge is 2.21. The molecule has 31 heavy (non-hydrogen) atoms. The fourth-order valence-electron chi connectivity index (χ4n) is 3.81. The molecule has 0 radical (unpaired) electrons. The van der Waals surface area contributed by atoms with Crippen molar-refractivity contribution in [3.8, 4) is 11.3 Å². The predicted octanol–water partition coefficient (Wildman–Crippen LogP) is 3.68. The third kappa shape index (κ3) is 5.18. The van der Waals surface area contributed by atoms with Crippen LogP contribution in [0.4, 0.5) is 4.39 Å². The summed E-state index contributed by atoms with van der Waals surface area (Å²) in [4.78, 5) is 15.1. The van der Waals surface area contributed by atoms with Crippen LogP contribution in [-0.2, 0) is 13.1 Å². The number of benzene rings is 2. The van der Waals surface area contributed by atoms with E-state index < -0.39 is 0 Å². The number of hydrogen-bond donors (Lipinski definition) is 2. The number of amides is 1. The molecule has 2 heterocycles. The standard InChI is InChI=1S/C24H26FN3O3/c1-16-22(23(27-31-16)19-6-8-20(25)9-7-19)24(30)26-14-17-2-4-18(5-3-17)15-28-12-10-21(29)11-13-28/h2-9,21,29H,10-15H2,1H3,(H,26,30). The summed E-state index contributed by atoms with van der Waals surface area (Å²) in [5.41, 5.74) is 3.58. The number of aromatic nitrogens is 1. The van der Waals surface area contributed by atoms with Crippen LogP contribution in [-0.4, -0.2) is 40.3 Å².